The Hall–Kier alpha value is -1.56. The number of aliphatic hydroxyl groups excluding tert-OH is 1. The van der Waals surface area contributed by atoms with Crippen molar-refractivity contribution in [3.05, 3.63) is 11.5 Å². The summed E-state index contributed by atoms with van der Waals surface area (Å²) in [7, 11) is 0. The first-order valence-corrected chi connectivity index (χ1v) is 5.03. The first-order valence-electron chi connectivity index (χ1n) is 5.03. The summed E-state index contributed by atoms with van der Waals surface area (Å²) >= 11 is 0. The molecule has 0 aromatic rings. The van der Waals surface area contributed by atoms with Gasteiger partial charge in [-0.05, 0) is 13.8 Å². The molecule has 2 heterocycles. The molecule has 1 fully saturated rings. The molecule has 2 aliphatic heterocycles. The van der Waals surface area contributed by atoms with E-state index in [1.54, 1.807) is 0 Å². The Kier molecular flexibility index (Phi) is 2.38. The summed E-state index contributed by atoms with van der Waals surface area (Å²) < 4.78 is 5.21. The van der Waals surface area contributed by atoms with Crippen molar-refractivity contribution < 1.29 is 24.5 Å². The summed E-state index contributed by atoms with van der Waals surface area (Å²) in [5, 5.41) is 18.4. The number of carboxylic acid groups (broad SMARTS) is 1. The van der Waals surface area contributed by atoms with Gasteiger partial charge in [-0.15, -0.1) is 0 Å². The number of hydrogen-bond donors (Lipinski definition) is 2. The highest BCUT2D eigenvalue weighted by molar-refractivity contribution is 5.98. The van der Waals surface area contributed by atoms with Crippen molar-refractivity contribution >= 4 is 11.9 Å². The maximum absolute atomic E-state index is 11.7. The SMILES string of the molecule is CC1=C(C(=O)O)N2C(=O)[C@H]([C@@H](C)O)[C@H]2CO1. The molecule has 0 radical (unpaired) electrons. The van der Waals surface area contributed by atoms with Crippen molar-refractivity contribution in [1.82, 2.24) is 4.90 Å². The maximum atomic E-state index is 11.7. The van der Waals surface area contributed by atoms with E-state index < -0.39 is 18.0 Å². The molecule has 1 amide bonds. The molecule has 0 unspecified atom stereocenters. The fraction of sp³-hybridized carbons (Fsp3) is 0.600. The molecule has 2 aliphatic rings. The molecule has 6 nitrogen and oxygen atoms in total. The van der Waals surface area contributed by atoms with Crippen LogP contribution in [-0.4, -0.2) is 45.7 Å². The molecule has 2 rings (SSSR count). The molecule has 0 bridgehead atoms. The summed E-state index contributed by atoms with van der Waals surface area (Å²) in [4.78, 5) is 23.9. The zero-order valence-electron chi connectivity index (χ0n) is 9.01. The monoisotopic (exact) mass is 227 g/mol. The van der Waals surface area contributed by atoms with Crippen LogP contribution in [0.15, 0.2) is 11.5 Å². The van der Waals surface area contributed by atoms with Crippen LogP contribution in [0, 0.1) is 5.92 Å². The van der Waals surface area contributed by atoms with Crippen LogP contribution in [0.1, 0.15) is 13.8 Å². The van der Waals surface area contributed by atoms with Crippen molar-refractivity contribution in [2.24, 2.45) is 5.92 Å². The number of ether oxygens (including phenoxy) is 1. The van der Waals surface area contributed by atoms with Gasteiger partial charge in [-0.25, -0.2) is 4.79 Å². The lowest BCUT2D eigenvalue weighted by Gasteiger charge is -2.50. The number of rotatable bonds is 2. The van der Waals surface area contributed by atoms with Crippen LogP contribution < -0.4 is 0 Å². The normalized spacial score (nSPS) is 30.4. The predicted molar refractivity (Wildman–Crippen MR) is 52.1 cm³/mol. The number of aliphatic hydroxyl groups is 1. The Morgan fingerprint density at radius 3 is 2.75 bits per heavy atom. The lowest BCUT2D eigenvalue weighted by molar-refractivity contribution is -0.171. The highest BCUT2D eigenvalue weighted by atomic mass is 16.5. The van der Waals surface area contributed by atoms with Gasteiger partial charge in [0.25, 0.3) is 0 Å². The Labute approximate surface area is 92.1 Å². The third-order valence-electron chi connectivity index (χ3n) is 3.04. The standard InChI is InChI=1S/C10H13NO5/c1-4(12)7-6-3-16-5(2)8(10(14)15)11(6)9(7)13/h4,6-7,12H,3H2,1-2H3,(H,14,15)/t4-,6-,7-/m1/s1. The largest absolute Gasteiger partial charge is 0.494 e. The van der Waals surface area contributed by atoms with Gasteiger partial charge in [-0.2, -0.15) is 0 Å². The number of fused-ring (bicyclic) bond motifs is 1. The molecule has 16 heavy (non-hydrogen) atoms. The first-order chi connectivity index (χ1) is 7.45. The number of amides is 1. The fourth-order valence-electron chi connectivity index (χ4n) is 2.25. The average molecular weight is 227 g/mol. The Bertz CT molecular complexity index is 387. The van der Waals surface area contributed by atoms with Crippen LogP contribution in [0.4, 0.5) is 0 Å². The number of carboxylic acids is 1. The van der Waals surface area contributed by atoms with Gasteiger partial charge in [0.05, 0.1) is 18.1 Å². The molecule has 2 N–H and O–H groups in total. The second-order valence-electron chi connectivity index (χ2n) is 4.06. The third kappa shape index (κ3) is 1.30. The van der Waals surface area contributed by atoms with E-state index in [-0.39, 0.29) is 30.0 Å². The summed E-state index contributed by atoms with van der Waals surface area (Å²) in [5.74, 6) is -1.84. The molecule has 0 aliphatic carbocycles. The van der Waals surface area contributed by atoms with E-state index in [0.29, 0.717) is 0 Å². The van der Waals surface area contributed by atoms with Gasteiger partial charge in [-0.3, -0.25) is 9.69 Å². The molecule has 0 aromatic heterocycles. The van der Waals surface area contributed by atoms with Crippen molar-refractivity contribution in [1.29, 1.82) is 0 Å². The average Bonchev–Trinajstić information content (AvgIpc) is 2.17. The smallest absolute Gasteiger partial charge is 0.356 e. The summed E-state index contributed by atoms with van der Waals surface area (Å²) in [6.45, 7) is 3.28. The van der Waals surface area contributed by atoms with Crippen LogP contribution in [-0.2, 0) is 14.3 Å². The van der Waals surface area contributed by atoms with Crippen LogP contribution in [0.2, 0.25) is 0 Å². The second-order valence-corrected chi connectivity index (χ2v) is 4.06. The molecule has 6 heteroatoms. The zero-order valence-corrected chi connectivity index (χ0v) is 9.01. The van der Waals surface area contributed by atoms with Gasteiger partial charge in [0.1, 0.15) is 12.4 Å². The van der Waals surface area contributed by atoms with Crippen molar-refractivity contribution in [2.75, 3.05) is 6.61 Å². The van der Waals surface area contributed by atoms with E-state index >= 15 is 0 Å². The van der Waals surface area contributed by atoms with Gasteiger partial charge < -0.3 is 14.9 Å². The molecule has 88 valence electrons. The van der Waals surface area contributed by atoms with Crippen molar-refractivity contribution in [2.45, 2.75) is 26.0 Å². The maximum Gasteiger partial charge on any atom is 0.356 e. The number of carbonyl (C=O) groups is 2. The molecular weight excluding hydrogens is 214 g/mol. The number of nitrogens with zero attached hydrogens (tertiary/aromatic N) is 1. The fourth-order valence-corrected chi connectivity index (χ4v) is 2.25. The van der Waals surface area contributed by atoms with Crippen molar-refractivity contribution in [3.8, 4) is 0 Å². The van der Waals surface area contributed by atoms with E-state index in [1.165, 1.54) is 18.7 Å². The van der Waals surface area contributed by atoms with E-state index in [4.69, 9.17) is 9.84 Å². The highest BCUT2D eigenvalue weighted by Gasteiger charge is 2.55. The summed E-state index contributed by atoms with van der Waals surface area (Å²) in [6.07, 6.45) is -0.786. The Balaban J connectivity index is 2.31. The van der Waals surface area contributed by atoms with Gasteiger partial charge in [0.15, 0.2) is 5.70 Å². The lowest BCUT2D eigenvalue weighted by atomic mass is 9.82. The quantitative estimate of drug-likeness (QED) is 0.623. The zero-order chi connectivity index (χ0) is 12.0. The van der Waals surface area contributed by atoms with Crippen LogP contribution in [0.3, 0.4) is 0 Å². The minimum atomic E-state index is -1.18. The molecule has 1 saturated heterocycles. The minimum absolute atomic E-state index is 0.113. The third-order valence-corrected chi connectivity index (χ3v) is 3.04. The van der Waals surface area contributed by atoms with Gasteiger partial charge in [0, 0.05) is 0 Å². The molecule has 0 aromatic carbocycles. The van der Waals surface area contributed by atoms with E-state index in [9.17, 15) is 14.7 Å². The number of β-lactam (4-membered cyclic amide) rings is 1. The van der Waals surface area contributed by atoms with Gasteiger partial charge >= 0.3 is 5.97 Å². The molecule has 0 saturated carbocycles. The summed E-state index contributed by atoms with van der Waals surface area (Å²) in [5.41, 5.74) is -0.113. The summed E-state index contributed by atoms with van der Waals surface area (Å²) in [6, 6.07) is -0.359. The predicted octanol–water partition coefficient (Wildman–Crippen LogP) is -0.460. The topological polar surface area (TPSA) is 87.1 Å². The number of aliphatic carboxylic acids is 1. The minimum Gasteiger partial charge on any atom is -0.494 e. The van der Waals surface area contributed by atoms with E-state index in [2.05, 4.69) is 0 Å². The lowest BCUT2D eigenvalue weighted by Crippen LogP contribution is -2.67. The number of carbonyl (C=O) groups excluding carboxylic acids is 1. The first kappa shape index (κ1) is 10.9. The molecule has 3 atom stereocenters. The van der Waals surface area contributed by atoms with Crippen LogP contribution in [0.25, 0.3) is 0 Å². The second kappa shape index (κ2) is 3.48. The number of hydrogen-bond acceptors (Lipinski definition) is 4. The molecular formula is C10H13NO5. The Morgan fingerprint density at radius 1 is 1.62 bits per heavy atom. The highest BCUT2D eigenvalue weighted by Crippen LogP contribution is 2.37. The van der Waals surface area contributed by atoms with Gasteiger partial charge in [-0.1, -0.05) is 0 Å². The van der Waals surface area contributed by atoms with Crippen LogP contribution in [0.5, 0.6) is 0 Å². The van der Waals surface area contributed by atoms with Crippen molar-refractivity contribution in [3.63, 3.8) is 0 Å². The van der Waals surface area contributed by atoms with Gasteiger partial charge in [0.2, 0.25) is 5.91 Å². The van der Waals surface area contributed by atoms with E-state index in [1.807, 2.05) is 0 Å². The number of allylic oxidation sites excluding steroid dienone is 1. The van der Waals surface area contributed by atoms with E-state index in [0.717, 1.165) is 0 Å². The molecule has 0 spiro atoms. The van der Waals surface area contributed by atoms with Crippen LogP contribution >= 0.6 is 0 Å². The Morgan fingerprint density at radius 2 is 2.25 bits per heavy atom.